The summed E-state index contributed by atoms with van der Waals surface area (Å²) in [6.07, 6.45) is 0.933. The van der Waals surface area contributed by atoms with Crippen LogP contribution >= 0.6 is 24.0 Å². The van der Waals surface area contributed by atoms with Crippen molar-refractivity contribution in [3.05, 3.63) is 0 Å². The number of hydrogen-bond donors (Lipinski definition) is 3. The van der Waals surface area contributed by atoms with Crippen LogP contribution in [0.4, 0.5) is 0 Å². The quantitative estimate of drug-likeness (QED) is 0.236. The Kier molecular flexibility index (Phi) is 16.9. The molecule has 0 radical (unpaired) electrons. The Labute approximate surface area is 133 Å². The van der Waals surface area contributed by atoms with Crippen molar-refractivity contribution >= 4 is 35.8 Å². The van der Waals surface area contributed by atoms with Gasteiger partial charge in [0, 0.05) is 26.2 Å². The predicted octanol–water partition coefficient (Wildman–Crippen LogP) is 0.722. The lowest BCUT2D eigenvalue weighted by Gasteiger charge is -2.11. The van der Waals surface area contributed by atoms with Gasteiger partial charge in [-0.1, -0.05) is 6.92 Å². The minimum Gasteiger partial charge on any atom is -0.380 e. The third-order valence-corrected chi connectivity index (χ3v) is 2.04. The average molecular weight is 386 g/mol. The molecule has 0 aliphatic rings. The monoisotopic (exact) mass is 386 g/mol. The Hall–Kier alpha value is -0.570. The second-order valence-corrected chi connectivity index (χ2v) is 3.67. The van der Waals surface area contributed by atoms with E-state index in [2.05, 4.69) is 20.9 Å². The van der Waals surface area contributed by atoms with Crippen molar-refractivity contribution in [3.63, 3.8) is 0 Å². The third-order valence-electron chi connectivity index (χ3n) is 2.04. The standard InChI is InChI=1S/C12H26N4O2.HI/c1-4-7-14-11(17)10-16-12(13-5-2)15-8-9-18-6-3;/h4-10H2,1-3H3,(H,14,17)(H2,13,15,16);1H. The Bertz CT molecular complexity index is 250. The summed E-state index contributed by atoms with van der Waals surface area (Å²) < 4.78 is 5.22. The molecule has 114 valence electrons. The van der Waals surface area contributed by atoms with Gasteiger partial charge < -0.3 is 20.7 Å². The molecule has 0 aliphatic carbocycles. The van der Waals surface area contributed by atoms with Crippen molar-refractivity contribution in [1.29, 1.82) is 0 Å². The number of rotatable bonds is 9. The lowest BCUT2D eigenvalue weighted by atomic mass is 10.4. The average Bonchev–Trinajstić information content (AvgIpc) is 2.38. The normalized spacial score (nSPS) is 10.6. The first-order valence-corrected chi connectivity index (χ1v) is 6.61. The molecule has 0 fully saturated rings. The molecule has 0 bridgehead atoms. The summed E-state index contributed by atoms with van der Waals surface area (Å²) in [5, 5.41) is 8.96. The van der Waals surface area contributed by atoms with Gasteiger partial charge in [0.2, 0.25) is 5.91 Å². The highest BCUT2D eigenvalue weighted by Gasteiger charge is 2.00. The molecule has 3 N–H and O–H groups in total. The smallest absolute Gasteiger partial charge is 0.241 e. The minimum absolute atomic E-state index is 0. The minimum atomic E-state index is -0.0566. The van der Waals surface area contributed by atoms with Crippen LogP contribution in [-0.4, -0.2) is 51.3 Å². The molecular weight excluding hydrogens is 359 g/mol. The SMILES string of the molecule is CCCNC(=O)CN=C(NCC)NCCOCC.I. The summed E-state index contributed by atoms with van der Waals surface area (Å²) in [6, 6.07) is 0. The topological polar surface area (TPSA) is 74.8 Å². The van der Waals surface area contributed by atoms with Crippen molar-refractivity contribution in [2.75, 3.05) is 39.4 Å². The number of nitrogens with zero attached hydrogens (tertiary/aromatic N) is 1. The molecule has 6 nitrogen and oxygen atoms in total. The lowest BCUT2D eigenvalue weighted by Crippen LogP contribution is -2.40. The zero-order chi connectivity index (χ0) is 13.6. The van der Waals surface area contributed by atoms with Crippen LogP contribution in [0.25, 0.3) is 0 Å². The zero-order valence-electron chi connectivity index (χ0n) is 12.1. The number of amides is 1. The number of guanidine groups is 1. The molecule has 0 saturated carbocycles. The molecule has 0 aliphatic heterocycles. The first kappa shape index (κ1) is 20.7. The van der Waals surface area contributed by atoms with Crippen LogP contribution < -0.4 is 16.0 Å². The number of carbonyl (C=O) groups is 1. The number of halogens is 1. The van der Waals surface area contributed by atoms with Gasteiger partial charge in [0.05, 0.1) is 6.61 Å². The van der Waals surface area contributed by atoms with Gasteiger partial charge in [-0.3, -0.25) is 4.79 Å². The maximum atomic E-state index is 11.4. The van der Waals surface area contributed by atoms with Gasteiger partial charge in [0.1, 0.15) is 6.54 Å². The van der Waals surface area contributed by atoms with Gasteiger partial charge in [-0.25, -0.2) is 4.99 Å². The molecule has 0 heterocycles. The van der Waals surface area contributed by atoms with Gasteiger partial charge in [-0.2, -0.15) is 0 Å². The number of carbonyl (C=O) groups excluding carboxylic acids is 1. The van der Waals surface area contributed by atoms with E-state index >= 15 is 0 Å². The van der Waals surface area contributed by atoms with Gasteiger partial charge in [0.15, 0.2) is 5.96 Å². The predicted molar refractivity (Wildman–Crippen MR) is 89.2 cm³/mol. The fourth-order valence-corrected chi connectivity index (χ4v) is 1.20. The third kappa shape index (κ3) is 13.7. The highest BCUT2D eigenvalue weighted by Crippen LogP contribution is 1.78. The van der Waals surface area contributed by atoms with Gasteiger partial charge in [-0.05, 0) is 20.3 Å². The first-order chi connectivity index (χ1) is 8.74. The van der Waals surface area contributed by atoms with E-state index in [1.807, 2.05) is 20.8 Å². The van der Waals surface area contributed by atoms with Crippen LogP contribution in [0.3, 0.4) is 0 Å². The van der Waals surface area contributed by atoms with E-state index in [0.29, 0.717) is 32.3 Å². The van der Waals surface area contributed by atoms with Crippen LogP contribution in [0.15, 0.2) is 4.99 Å². The molecule has 19 heavy (non-hydrogen) atoms. The number of ether oxygens (including phenoxy) is 1. The van der Waals surface area contributed by atoms with Crippen molar-refractivity contribution < 1.29 is 9.53 Å². The van der Waals surface area contributed by atoms with Crippen molar-refractivity contribution in [2.24, 2.45) is 4.99 Å². The summed E-state index contributed by atoms with van der Waals surface area (Å²) in [6.45, 7) is 9.56. The summed E-state index contributed by atoms with van der Waals surface area (Å²) >= 11 is 0. The van der Waals surface area contributed by atoms with Gasteiger partial charge in [0.25, 0.3) is 0 Å². The van der Waals surface area contributed by atoms with Crippen LogP contribution in [0, 0.1) is 0 Å². The molecule has 0 aromatic rings. The van der Waals surface area contributed by atoms with Crippen LogP contribution in [0.5, 0.6) is 0 Å². The molecule has 0 spiro atoms. The summed E-state index contributed by atoms with van der Waals surface area (Å²) in [7, 11) is 0. The van der Waals surface area contributed by atoms with E-state index in [0.717, 1.165) is 13.0 Å². The van der Waals surface area contributed by atoms with Crippen LogP contribution in [-0.2, 0) is 9.53 Å². The first-order valence-electron chi connectivity index (χ1n) is 6.61. The van der Waals surface area contributed by atoms with Crippen LogP contribution in [0.1, 0.15) is 27.2 Å². The fourth-order valence-electron chi connectivity index (χ4n) is 1.20. The maximum Gasteiger partial charge on any atom is 0.241 e. The fraction of sp³-hybridized carbons (Fsp3) is 0.833. The lowest BCUT2D eigenvalue weighted by molar-refractivity contribution is -0.119. The molecule has 0 unspecified atom stereocenters. The number of aliphatic imine (C=N–C) groups is 1. The Balaban J connectivity index is 0. The molecule has 0 aromatic carbocycles. The summed E-state index contributed by atoms with van der Waals surface area (Å²) in [4.78, 5) is 15.6. The highest BCUT2D eigenvalue weighted by atomic mass is 127. The second kappa shape index (κ2) is 15.5. The summed E-state index contributed by atoms with van der Waals surface area (Å²) in [5.41, 5.74) is 0. The van der Waals surface area contributed by atoms with Crippen molar-refractivity contribution in [1.82, 2.24) is 16.0 Å². The molecule has 7 heteroatoms. The van der Waals surface area contributed by atoms with Gasteiger partial charge >= 0.3 is 0 Å². The summed E-state index contributed by atoms with van der Waals surface area (Å²) in [5.74, 6) is 0.586. The Morgan fingerprint density at radius 3 is 2.42 bits per heavy atom. The number of nitrogens with one attached hydrogen (secondary N) is 3. The van der Waals surface area contributed by atoms with E-state index < -0.39 is 0 Å². The van der Waals surface area contributed by atoms with Gasteiger partial charge in [-0.15, -0.1) is 24.0 Å². The molecule has 0 aromatic heterocycles. The number of hydrogen-bond acceptors (Lipinski definition) is 3. The zero-order valence-corrected chi connectivity index (χ0v) is 14.5. The Morgan fingerprint density at radius 1 is 1.11 bits per heavy atom. The van der Waals surface area contributed by atoms with E-state index in [-0.39, 0.29) is 36.4 Å². The van der Waals surface area contributed by atoms with E-state index in [9.17, 15) is 4.79 Å². The molecule has 0 atom stereocenters. The highest BCUT2D eigenvalue weighted by molar-refractivity contribution is 14.0. The molecule has 0 rings (SSSR count). The van der Waals surface area contributed by atoms with E-state index in [4.69, 9.17) is 4.74 Å². The molecular formula is C12H27IN4O2. The largest absolute Gasteiger partial charge is 0.380 e. The van der Waals surface area contributed by atoms with Crippen molar-refractivity contribution in [3.8, 4) is 0 Å². The van der Waals surface area contributed by atoms with Crippen LogP contribution in [0.2, 0.25) is 0 Å². The van der Waals surface area contributed by atoms with E-state index in [1.165, 1.54) is 0 Å². The molecule has 0 saturated heterocycles. The Morgan fingerprint density at radius 2 is 1.84 bits per heavy atom. The van der Waals surface area contributed by atoms with E-state index in [1.54, 1.807) is 0 Å². The molecule has 1 amide bonds. The second-order valence-electron chi connectivity index (χ2n) is 3.67. The van der Waals surface area contributed by atoms with Crippen molar-refractivity contribution in [2.45, 2.75) is 27.2 Å². The maximum absolute atomic E-state index is 11.4.